The first-order valence-electron chi connectivity index (χ1n) is 7.21. The van der Waals surface area contributed by atoms with Crippen molar-refractivity contribution in [3.05, 3.63) is 64.2 Å². The molecular formula is C19H22O2. The normalized spacial score (nSPS) is 10.5. The molecule has 0 spiro atoms. The lowest BCUT2D eigenvalue weighted by Crippen LogP contribution is -2.09. The summed E-state index contributed by atoms with van der Waals surface area (Å²) >= 11 is 0. The summed E-state index contributed by atoms with van der Waals surface area (Å²) in [6, 6.07) is 12.0. The maximum Gasteiger partial charge on any atom is 0.141 e. The molecule has 110 valence electrons. The molecule has 2 nitrogen and oxygen atoms in total. The zero-order valence-electron chi connectivity index (χ0n) is 13.2. The number of hydrogen-bond acceptors (Lipinski definition) is 2. The van der Waals surface area contributed by atoms with Gasteiger partial charge in [-0.3, -0.25) is 4.79 Å². The van der Waals surface area contributed by atoms with E-state index in [1.54, 1.807) is 7.11 Å². The van der Waals surface area contributed by atoms with Gasteiger partial charge >= 0.3 is 0 Å². The lowest BCUT2D eigenvalue weighted by Gasteiger charge is -2.11. The van der Waals surface area contributed by atoms with Crippen molar-refractivity contribution in [2.75, 3.05) is 7.11 Å². The van der Waals surface area contributed by atoms with Crippen molar-refractivity contribution in [2.24, 2.45) is 0 Å². The maximum atomic E-state index is 12.3. The fraction of sp³-hybridized carbons (Fsp3) is 0.316. The molecule has 0 N–H and O–H groups in total. The van der Waals surface area contributed by atoms with Gasteiger partial charge in [0.1, 0.15) is 11.5 Å². The van der Waals surface area contributed by atoms with E-state index < -0.39 is 0 Å². The Morgan fingerprint density at radius 2 is 1.52 bits per heavy atom. The molecule has 0 saturated heterocycles. The highest BCUT2D eigenvalue weighted by Gasteiger charge is 2.10. The molecule has 21 heavy (non-hydrogen) atoms. The Labute approximate surface area is 126 Å². The molecule has 0 heterocycles. The van der Waals surface area contributed by atoms with Crippen molar-refractivity contribution < 1.29 is 9.53 Å². The number of rotatable bonds is 5. The van der Waals surface area contributed by atoms with E-state index in [1.807, 2.05) is 24.3 Å². The Kier molecular flexibility index (Phi) is 4.79. The van der Waals surface area contributed by atoms with Crippen LogP contribution in [0.25, 0.3) is 0 Å². The van der Waals surface area contributed by atoms with Gasteiger partial charge in [-0.2, -0.15) is 0 Å². The second-order valence-electron chi connectivity index (χ2n) is 5.62. The third-order valence-corrected chi connectivity index (χ3v) is 3.77. The summed E-state index contributed by atoms with van der Waals surface area (Å²) in [5, 5.41) is 0. The van der Waals surface area contributed by atoms with Gasteiger partial charge in [0, 0.05) is 12.8 Å². The molecule has 0 atom stereocenters. The van der Waals surface area contributed by atoms with E-state index in [4.69, 9.17) is 4.74 Å². The van der Waals surface area contributed by atoms with Gasteiger partial charge < -0.3 is 4.74 Å². The second kappa shape index (κ2) is 6.57. The molecule has 0 unspecified atom stereocenters. The minimum absolute atomic E-state index is 0.246. The lowest BCUT2D eigenvalue weighted by atomic mass is 9.94. The van der Waals surface area contributed by atoms with Crippen LogP contribution in [0.2, 0.25) is 0 Å². The van der Waals surface area contributed by atoms with Crippen LogP contribution in [0.4, 0.5) is 0 Å². The van der Waals surface area contributed by atoms with Crippen LogP contribution < -0.4 is 4.74 Å². The van der Waals surface area contributed by atoms with Crippen LogP contribution in [-0.2, 0) is 17.6 Å². The Balaban J connectivity index is 2.08. The largest absolute Gasteiger partial charge is 0.497 e. The van der Waals surface area contributed by atoms with E-state index in [9.17, 15) is 4.79 Å². The SMILES string of the molecule is COc1ccc(CC(=O)Cc2c(C)cc(C)cc2C)cc1. The van der Waals surface area contributed by atoms with Gasteiger partial charge in [0.2, 0.25) is 0 Å². The second-order valence-corrected chi connectivity index (χ2v) is 5.62. The van der Waals surface area contributed by atoms with Crippen molar-refractivity contribution in [3.8, 4) is 5.75 Å². The summed E-state index contributed by atoms with van der Waals surface area (Å²) in [5.41, 5.74) is 5.85. The van der Waals surface area contributed by atoms with Gasteiger partial charge in [0.25, 0.3) is 0 Å². The molecule has 0 bridgehead atoms. The summed E-state index contributed by atoms with van der Waals surface area (Å²) in [6.45, 7) is 6.24. The average Bonchev–Trinajstić information content (AvgIpc) is 2.43. The monoisotopic (exact) mass is 282 g/mol. The quantitative estimate of drug-likeness (QED) is 0.829. The van der Waals surface area contributed by atoms with Gasteiger partial charge in [-0.1, -0.05) is 29.8 Å². The molecule has 0 aliphatic rings. The van der Waals surface area contributed by atoms with Crippen LogP contribution in [0, 0.1) is 20.8 Å². The van der Waals surface area contributed by atoms with Crippen LogP contribution in [0.15, 0.2) is 36.4 Å². The number of methoxy groups -OCH3 is 1. The molecule has 0 fully saturated rings. The summed E-state index contributed by atoms with van der Waals surface area (Å²) in [7, 11) is 1.64. The number of benzene rings is 2. The predicted octanol–water partition coefficient (Wildman–Crippen LogP) is 3.97. The smallest absolute Gasteiger partial charge is 0.141 e. The minimum Gasteiger partial charge on any atom is -0.497 e. The highest BCUT2D eigenvalue weighted by molar-refractivity contribution is 5.83. The van der Waals surface area contributed by atoms with Crippen LogP contribution in [0.1, 0.15) is 27.8 Å². The van der Waals surface area contributed by atoms with Crippen molar-refractivity contribution in [1.82, 2.24) is 0 Å². The molecule has 0 aliphatic carbocycles. The van der Waals surface area contributed by atoms with Gasteiger partial charge in [0.15, 0.2) is 0 Å². The zero-order chi connectivity index (χ0) is 15.4. The molecule has 2 heteroatoms. The highest BCUT2D eigenvalue weighted by atomic mass is 16.5. The molecule has 0 amide bonds. The van der Waals surface area contributed by atoms with Gasteiger partial charge in [-0.05, 0) is 55.2 Å². The topological polar surface area (TPSA) is 26.3 Å². The van der Waals surface area contributed by atoms with E-state index in [1.165, 1.54) is 22.3 Å². The van der Waals surface area contributed by atoms with Gasteiger partial charge in [0.05, 0.1) is 7.11 Å². The van der Waals surface area contributed by atoms with Gasteiger partial charge in [-0.15, -0.1) is 0 Å². The van der Waals surface area contributed by atoms with E-state index in [-0.39, 0.29) is 5.78 Å². The van der Waals surface area contributed by atoms with E-state index in [0.717, 1.165) is 11.3 Å². The fourth-order valence-electron chi connectivity index (χ4n) is 2.72. The Morgan fingerprint density at radius 3 is 2.05 bits per heavy atom. The molecule has 0 aliphatic heterocycles. The summed E-state index contributed by atoms with van der Waals surface area (Å²) in [6.07, 6.45) is 0.973. The predicted molar refractivity (Wildman–Crippen MR) is 86.1 cm³/mol. The summed E-state index contributed by atoms with van der Waals surface area (Å²) in [5.74, 6) is 1.06. The molecule has 2 rings (SSSR count). The zero-order valence-corrected chi connectivity index (χ0v) is 13.2. The number of carbonyl (C=O) groups is 1. The van der Waals surface area contributed by atoms with Crippen molar-refractivity contribution in [3.63, 3.8) is 0 Å². The van der Waals surface area contributed by atoms with Gasteiger partial charge in [-0.25, -0.2) is 0 Å². The fourth-order valence-corrected chi connectivity index (χ4v) is 2.72. The van der Waals surface area contributed by atoms with Crippen molar-refractivity contribution in [2.45, 2.75) is 33.6 Å². The number of ketones is 1. The molecule has 2 aromatic carbocycles. The van der Waals surface area contributed by atoms with E-state index >= 15 is 0 Å². The van der Waals surface area contributed by atoms with Crippen LogP contribution in [-0.4, -0.2) is 12.9 Å². The number of Topliss-reactive ketones (excluding diaryl/α,β-unsaturated/α-hetero) is 1. The average molecular weight is 282 g/mol. The van der Waals surface area contributed by atoms with Crippen LogP contribution in [0.3, 0.4) is 0 Å². The number of carbonyl (C=O) groups excluding carboxylic acids is 1. The third kappa shape index (κ3) is 3.94. The first-order valence-corrected chi connectivity index (χ1v) is 7.21. The number of ether oxygens (including phenoxy) is 1. The Hall–Kier alpha value is -2.09. The highest BCUT2D eigenvalue weighted by Crippen LogP contribution is 2.18. The molecule has 0 aromatic heterocycles. The Morgan fingerprint density at radius 1 is 0.952 bits per heavy atom. The lowest BCUT2D eigenvalue weighted by molar-refractivity contribution is -0.117. The summed E-state index contributed by atoms with van der Waals surface area (Å²) in [4.78, 5) is 12.3. The first-order chi connectivity index (χ1) is 9.99. The van der Waals surface area contributed by atoms with Crippen molar-refractivity contribution in [1.29, 1.82) is 0 Å². The number of aryl methyl sites for hydroxylation is 3. The third-order valence-electron chi connectivity index (χ3n) is 3.77. The van der Waals surface area contributed by atoms with E-state index in [0.29, 0.717) is 12.8 Å². The van der Waals surface area contributed by atoms with Crippen LogP contribution in [0.5, 0.6) is 5.75 Å². The molecule has 0 radical (unpaired) electrons. The molecule has 2 aromatic rings. The standard InChI is InChI=1S/C19H22O2/c1-13-9-14(2)19(15(3)10-13)12-17(20)11-16-5-7-18(21-4)8-6-16/h5-10H,11-12H2,1-4H3. The van der Waals surface area contributed by atoms with E-state index in [2.05, 4.69) is 32.9 Å². The molecule has 0 saturated carbocycles. The van der Waals surface area contributed by atoms with Crippen LogP contribution >= 0.6 is 0 Å². The first kappa shape index (κ1) is 15.3. The maximum absolute atomic E-state index is 12.3. The summed E-state index contributed by atoms with van der Waals surface area (Å²) < 4.78 is 5.13. The number of hydrogen-bond donors (Lipinski definition) is 0. The Bertz CT molecular complexity index is 616. The molecular weight excluding hydrogens is 260 g/mol. The minimum atomic E-state index is 0.246. The van der Waals surface area contributed by atoms with Crippen molar-refractivity contribution >= 4 is 5.78 Å².